The van der Waals surface area contributed by atoms with Crippen molar-refractivity contribution in [1.29, 1.82) is 0 Å². The molecule has 0 saturated carbocycles. The molecule has 0 aromatic rings. The lowest BCUT2D eigenvalue weighted by Gasteiger charge is -2.07. The van der Waals surface area contributed by atoms with Crippen LogP contribution in [0.2, 0.25) is 0 Å². The van der Waals surface area contributed by atoms with Crippen LogP contribution < -0.4 is 0 Å². The average molecular weight is 213 g/mol. The molecule has 6 heteroatoms. The fraction of sp³-hybridized carbons (Fsp3) is 0.857. The molecule has 0 amide bonds. The molecule has 0 radical (unpaired) electrons. The fourth-order valence-electron chi connectivity index (χ4n) is 0.517. The Morgan fingerprint density at radius 1 is 1.46 bits per heavy atom. The molecule has 13 heavy (non-hydrogen) atoms. The summed E-state index contributed by atoms with van der Waals surface area (Å²) in [6.07, 6.45) is -0.824. The van der Waals surface area contributed by atoms with E-state index in [9.17, 15) is 4.79 Å². The topological polar surface area (TPSA) is 65.0 Å². The highest BCUT2D eigenvalue weighted by Gasteiger charge is 2.06. The van der Waals surface area contributed by atoms with Gasteiger partial charge in [0.2, 0.25) is 0 Å². The monoisotopic (exact) mass is 212 g/mol. The van der Waals surface area contributed by atoms with Crippen molar-refractivity contribution in [3.8, 4) is 0 Å². The van der Waals surface area contributed by atoms with E-state index in [1.807, 2.05) is 0 Å². The summed E-state index contributed by atoms with van der Waals surface area (Å²) in [5.41, 5.74) is -0.703. The number of carbonyl (C=O) groups excluding carboxylic acids is 1. The van der Waals surface area contributed by atoms with Crippen molar-refractivity contribution in [3.05, 3.63) is 0 Å². The number of aliphatic hydroxyl groups excluding tert-OH is 1. The van der Waals surface area contributed by atoms with Gasteiger partial charge in [-0.2, -0.15) is 0 Å². The van der Waals surface area contributed by atoms with Crippen LogP contribution in [-0.4, -0.2) is 43.3 Å². The van der Waals surface area contributed by atoms with Crippen LogP contribution in [0, 0.1) is 0 Å². The summed E-state index contributed by atoms with van der Waals surface area (Å²) in [4.78, 5) is 10.7. The third kappa shape index (κ3) is 9.39. The molecular formula is C7H13ClO5. The van der Waals surface area contributed by atoms with Crippen LogP contribution in [0.1, 0.15) is 6.92 Å². The van der Waals surface area contributed by atoms with Crippen molar-refractivity contribution in [2.24, 2.45) is 0 Å². The molecule has 0 aromatic heterocycles. The molecule has 0 bridgehead atoms. The van der Waals surface area contributed by atoms with E-state index in [1.54, 1.807) is 0 Å². The van der Waals surface area contributed by atoms with E-state index in [2.05, 4.69) is 9.47 Å². The third-order valence-electron chi connectivity index (χ3n) is 0.942. The highest BCUT2D eigenvalue weighted by molar-refractivity contribution is 6.19. The van der Waals surface area contributed by atoms with Gasteiger partial charge in [0.05, 0.1) is 19.8 Å². The van der Waals surface area contributed by atoms with Crippen LogP contribution >= 0.6 is 11.6 Å². The molecule has 1 unspecified atom stereocenters. The molecule has 0 heterocycles. The Labute approximate surface area is 81.5 Å². The molecule has 0 spiro atoms. The van der Waals surface area contributed by atoms with Gasteiger partial charge in [-0.1, -0.05) is 11.6 Å². The SMILES string of the molecule is CC(Cl)OC(=O)OCCOCCO. The Bertz CT molecular complexity index is 139. The summed E-state index contributed by atoms with van der Waals surface area (Å²) in [6.45, 7) is 1.99. The van der Waals surface area contributed by atoms with E-state index >= 15 is 0 Å². The molecule has 0 aromatic carbocycles. The largest absolute Gasteiger partial charge is 0.509 e. The van der Waals surface area contributed by atoms with Crippen molar-refractivity contribution >= 4 is 17.8 Å². The van der Waals surface area contributed by atoms with Gasteiger partial charge in [-0.15, -0.1) is 0 Å². The van der Waals surface area contributed by atoms with Gasteiger partial charge in [0, 0.05) is 0 Å². The summed E-state index contributed by atoms with van der Waals surface area (Å²) in [5.74, 6) is 0. The number of rotatable bonds is 6. The quantitative estimate of drug-likeness (QED) is 0.400. The van der Waals surface area contributed by atoms with Crippen molar-refractivity contribution in [2.45, 2.75) is 12.5 Å². The van der Waals surface area contributed by atoms with Crippen LogP contribution in [0.5, 0.6) is 0 Å². The molecule has 5 nitrogen and oxygen atoms in total. The van der Waals surface area contributed by atoms with Gasteiger partial charge in [-0.3, -0.25) is 0 Å². The maximum atomic E-state index is 10.7. The summed E-state index contributed by atoms with van der Waals surface area (Å²) in [7, 11) is 0. The first kappa shape index (κ1) is 12.5. The van der Waals surface area contributed by atoms with E-state index in [0.29, 0.717) is 0 Å². The molecule has 0 aliphatic carbocycles. The lowest BCUT2D eigenvalue weighted by molar-refractivity contribution is 0.0172. The van der Waals surface area contributed by atoms with E-state index in [0.717, 1.165) is 0 Å². The maximum Gasteiger partial charge on any atom is 0.509 e. The molecule has 0 aliphatic rings. The predicted octanol–water partition coefficient (Wildman–Crippen LogP) is 0.733. The van der Waals surface area contributed by atoms with E-state index in [4.69, 9.17) is 21.4 Å². The smallest absolute Gasteiger partial charge is 0.432 e. The van der Waals surface area contributed by atoms with Gasteiger partial charge in [0.25, 0.3) is 0 Å². The minimum absolute atomic E-state index is 0.0524. The normalized spacial score (nSPS) is 12.2. The third-order valence-corrected chi connectivity index (χ3v) is 1.03. The van der Waals surface area contributed by atoms with Gasteiger partial charge in [-0.25, -0.2) is 4.79 Å². The van der Waals surface area contributed by atoms with E-state index in [-0.39, 0.29) is 26.4 Å². The molecule has 0 aliphatic heterocycles. The summed E-state index contributed by atoms with van der Waals surface area (Å²) in [6, 6.07) is 0. The Morgan fingerprint density at radius 2 is 2.15 bits per heavy atom. The Balaban J connectivity index is 3.17. The fourth-order valence-corrected chi connectivity index (χ4v) is 0.590. The summed E-state index contributed by atoms with van der Waals surface area (Å²) in [5, 5.41) is 8.32. The van der Waals surface area contributed by atoms with Crippen molar-refractivity contribution in [2.75, 3.05) is 26.4 Å². The first-order valence-corrected chi connectivity index (χ1v) is 4.26. The number of hydrogen-bond acceptors (Lipinski definition) is 5. The number of carbonyl (C=O) groups is 1. The zero-order valence-corrected chi connectivity index (χ0v) is 8.12. The molecule has 1 atom stereocenters. The first-order chi connectivity index (χ1) is 6.16. The van der Waals surface area contributed by atoms with Crippen molar-refractivity contribution in [3.63, 3.8) is 0 Å². The second kappa shape index (κ2) is 8.10. The number of aliphatic hydroxyl groups is 1. The Morgan fingerprint density at radius 3 is 2.69 bits per heavy atom. The van der Waals surface area contributed by atoms with Crippen LogP contribution in [0.3, 0.4) is 0 Å². The van der Waals surface area contributed by atoms with Gasteiger partial charge in [0.15, 0.2) is 5.56 Å². The number of ether oxygens (including phenoxy) is 3. The van der Waals surface area contributed by atoms with Gasteiger partial charge < -0.3 is 19.3 Å². The Hall–Kier alpha value is -0.520. The molecule has 0 fully saturated rings. The average Bonchev–Trinajstić information content (AvgIpc) is 2.02. The van der Waals surface area contributed by atoms with Crippen LogP contribution in [0.4, 0.5) is 4.79 Å². The summed E-state index contributed by atoms with van der Waals surface area (Å²) >= 11 is 5.35. The zero-order chi connectivity index (χ0) is 10.1. The predicted molar refractivity (Wildman–Crippen MR) is 45.7 cm³/mol. The van der Waals surface area contributed by atoms with Crippen LogP contribution in [-0.2, 0) is 14.2 Å². The van der Waals surface area contributed by atoms with Crippen molar-refractivity contribution in [1.82, 2.24) is 0 Å². The number of hydrogen-bond donors (Lipinski definition) is 1. The van der Waals surface area contributed by atoms with Gasteiger partial charge in [-0.05, 0) is 6.92 Å². The second-order valence-electron chi connectivity index (χ2n) is 2.10. The highest BCUT2D eigenvalue weighted by Crippen LogP contribution is 1.97. The molecule has 1 N–H and O–H groups in total. The Kier molecular flexibility index (Phi) is 7.77. The molecule has 0 saturated heterocycles. The first-order valence-electron chi connectivity index (χ1n) is 3.83. The zero-order valence-electron chi connectivity index (χ0n) is 7.36. The number of halogens is 1. The minimum atomic E-state index is -0.824. The molecule has 0 rings (SSSR count). The van der Waals surface area contributed by atoms with Crippen molar-refractivity contribution < 1.29 is 24.1 Å². The lowest BCUT2D eigenvalue weighted by Crippen LogP contribution is -2.15. The molecular weight excluding hydrogens is 200 g/mol. The summed E-state index contributed by atoms with van der Waals surface area (Å²) < 4.78 is 13.8. The van der Waals surface area contributed by atoms with Gasteiger partial charge in [0.1, 0.15) is 6.61 Å². The van der Waals surface area contributed by atoms with E-state index in [1.165, 1.54) is 6.92 Å². The van der Waals surface area contributed by atoms with Gasteiger partial charge >= 0.3 is 6.16 Å². The highest BCUT2D eigenvalue weighted by atomic mass is 35.5. The standard InChI is InChI=1S/C7H13ClO5/c1-6(8)13-7(10)12-5-4-11-3-2-9/h6,9H,2-5H2,1H3. The van der Waals surface area contributed by atoms with Crippen LogP contribution in [0.25, 0.3) is 0 Å². The maximum absolute atomic E-state index is 10.7. The van der Waals surface area contributed by atoms with E-state index < -0.39 is 11.7 Å². The minimum Gasteiger partial charge on any atom is -0.432 e. The van der Waals surface area contributed by atoms with Crippen LogP contribution in [0.15, 0.2) is 0 Å². The second-order valence-corrected chi connectivity index (χ2v) is 2.71. The molecule has 78 valence electrons. The lowest BCUT2D eigenvalue weighted by atomic mass is 10.7. The number of alkyl halides is 1.